The number of nitrogens with zero attached hydrogens (tertiary/aromatic N) is 2. The van der Waals surface area contributed by atoms with E-state index in [1.54, 1.807) is 14.2 Å². The molecule has 1 saturated heterocycles. The molecule has 0 radical (unpaired) electrons. The number of likely N-dealkylation sites (tertiary alicyclic amines) is 1. The highest BCUT2D eigenvalue weighted by Crippen LogP contribution is 2.50. The summed E-state index contributed by atoms with van der Waals surface area (Å²) in [4.78, 5) is 18.6. The third kappa shape index (κ3) is 6.03. The lowest BCUT2D eigenvalue weighted by Crippen LogP contribution is -2.53. The number of nitrogens with one attached hydrogen (secondary N) is 2. The van der Waals surface area contributed by atoms with Gasteiger partial charge in [-0.3, -0.25) is 9.62 Å². The second-order valence-electron chi connectivity index (χ2n) is 11.0. The van der Waals surface area contributed by atoms with E-state index in [1.165, 1.54) is 23.1 Å². The zero-order valence-electron chi connectivity index (χ0n) is 23.9. The van der Waals surface area contributed by atoms with E-state index in [0.29, 0.717) is 6.04 Å². The SMILES string of the molecule is COc1ccc(C23CCC(NC(=O)NSc4ccc(N(C)C)cc4)CC2N(Cc2ccccc2)CC3)cc1OC. The highest BCUT2D eigenvalue weighted by atomic mass is 32.2. The van der Waals surface area contributed by atoms with Crippen molar-refractivity contribution in [3.05, 3.63) is 83.9 Å². The summed E-state index contributed by atoms with van der Waals surface area (Å²) in [5.74, 6) is 1.52. The number of urea groups is 1. The number of carbonyl (C=O) groups is 1. The van der Waals surface area contributed by atoms with Gasteiger partial charge in [0.05, 0.1) is 14.2 Å². The lowest BCUT2D eigenvalue weighted by Gasteiger charge is -2.45. The van der Waals surface area contributed by atoms with Gasteiger partial charge < -0.3 is 19.7 Å². The number of anilines is 1. The third-order valence-electron chi connectivity index (χ3n) is 8.51. The minimum atomic E-state index is -0.141. The van der Waals surface area contributed by atoms with Crippen LogP contribution in [0, 0.1) is 0 Å². The van der Waals surface area contributed by atoms with E-state index in [1.807, 2.05) is 32.3 Å². The average Bonchev–Trinajstić information content (AvgIpc) is 3.34. The molecular formula is C32H40N4O3S. The molecule has 212 valence electrons. The van der Waals surface area contributed by atoms with Crippen LogP contribution >= 0.6 is 11.9 Å². The van der Waals surface area contributed by atoms with Gasteiger partial charge in [-0.25, -0.2) is 4.79 Å². The summed E-state index contributed by atoms with van der Waals surface area (Å²) in [5, 5.41) is 3.27. The van der Waals surface area contributed by atoms with Crippen molar-refractivity contribution in [2.75, 3.05) is 39.8 Å². The molecule has 1 heterocycles. The number of fused-ring (bicyclic) bond motifs is 1. The van der Waals surface area contributed by atoms with E-state index in [-0.39, 0.29) is 17.5 Å². The fourth-order valence-corrected chi connectivity index (χ4v) is 6.94. The van der Waals surface area contributed by atoms with Gasteiger partial charge in [0.15, 0.2) is 11.5 Å². The first-order chi connectivity index (χ1) is 19.4. The molecule has 3 unspecified atom stereocenters. The number of hydrogen-bond donors (Lipinski definition) is 2. The summed E-state index contributed by atoms with van der Waals surface area (Å²) in [5.41, 5.74) is 3.75. The van der Waals surface area contributed by atoms with Gasteiger partial charge in [0.25, 0.3) is 0 Å². The maximum atomic E-state index is 12.9. The van der Waals surface area contributed by atoms with Crippen LogP contribution in [0.5, 0.6) is 11.5 Å². The van der Waals surface area contributed by atoms with Crippen LogP contribution in [0.1, 0.15) is 36.8 Å². The Labute approximate surface area is 242 Å². The molecule has 8 heteroatoms. The summed E-state index contributed by atoms with van der Waals surface area (Å²) in [6, 6.07) is 25.5. The Hall–Kier alpha value is -3.36. The normalized spacial score (nSPS) is 22.3. The monoisotopic (exact) mass is 560 g/mol. The topological polar surface area (TPSA) is 66.1 Å². The van der Waals surface area contributed by atoms with Crippen molar-refractivity contribution in [2.24, 2.45) is 0 Å². The first kappa shape index (κ1) is 28.2. The molecule has 2 fully saturated rings. The molecule has 1 saturated carbocycles. The lowest BCUT2D eigenvalue weighted by atomic mass is 9.65. The molecule has 3 aromatic rings. The van der Waals surface area contributed by atoms with Crippen molar-refractivity contribution in [2.45, 2.75) is 54.6 Å². The standard InChI is InChI=1S/C32H40N4O3S/c1-35(2)26-11-13-27(14-12-26)40-34-31(37)33-25-16-17-32(24-10-15-28(38-3)29(20-24)39-4)18-19-36(30(32)21-25)22-23-8-6-5-7-9-23/h5-15,20,25,30H,16-19,21-22H2,1-4H3,(H2,33,34,37). The predicted molar refractivity (Wildman–Crippen MR) is 162 cm³/mol. The summed E-state index contributed by atoms with van der Waals surface area (Å²) in [6.07, 6.45) is 3.91. The zero-order chi connectivity index (χ0) is 28.1. The van der Waals surface area contributed by atoms with E-state index >= 15 is 0 Å². The minimum Gasteiger partial charge on any atom is -0.493 e. The molecule has 0 bridgehead atoms. The second-order valence-corrected chi connectivity index (χ2v) is 11.9. The van der Waals surface area contributed by atoms with Crippen molar-refractivity contribution >= 4 is 23.7 Å². The molecule has 2 amide bonds. The Balaban J connectivity index is 1.30. The van der Waals surface area contributed by atoms with Crippen LogP contribution in [-0.4, -0.2) is 57.9 Å². The van der Waals surface area contributed by atoms with E-state index in [9.17, 15) is 4.79 Å². The maximum Gasteiger partial charge on any atom is 0.325 e. The Bertz CT molecular complexity index is 1290. The molecule has 0 spiro atoms. The Morgan fingerprint density at radius 1 is 1.00 bits per heavy atom. The molecule has 1 aliphatic carbocycles. The maximum absolute atomic E-state index is 12.9. The lowest BCUT2D eigenvalue weighted by molar-refractivity contribution is 0.130. The van der Waals surface area contributed by atoms with Crippen molar-refractivity contribution in [3.8, 4) is 11.5 Å². The fraction of sp³-hybridized carbons (Fsp3) is 0.406. The van der Waals surface area contributed by atoms with Gasteiger partial charge in [0.1, 0.15) is 0 Å². The highest BCUT2D eigenvalue weighted by molar-refractivity contribution is 7.98. The van der Waals surface area contributed by atoms with Crippen molar-refractivity contribution in [3.63, 3.8) is 0 Å². The van der Waals surface area contributed by atoms with Gasteiger partial charge in [0, 0.05) is 48.7 Å². The molecule has 2 aliphatic rings. The molecule has 3 aromatic carbocycles. The molecular weight excluding hydrogens is 520 g/mol. The number of benzene rings is 3. The van der Waals surface area contributed by atoms with Crippen molar-refractivity contribution < 1.29 is 14.3 Å². The Morgan fingerprint density at radius 3 is 2.45 bits per heavy atom. The number of hydrogen-bond acceptors (Lipinski definition) is 6. The van der Waals surface area contributed by atoms with Crippen LogP contribution in [0.4, 0.5) is 10.5 Å². The number of methoxy groups -OCH3 is 2. The van der Waals surface area contributed by atoms with Crippen LogP contribution in [0.15, 0.2) is 77.7 Å². The molecule has 3 atom stereocenters. The van der Waals surface area contributed by atoms with Crippen LogP contribution in [-0.2, 0) is 12.0 Å². The van der Waals surface area contributed by atoms with Gasteiger partial charge >= 0.3 is 6.03 Å². The summed E-state index contributed by atoms with van der Waals surface area (Å²) < 4.78 is 14.2. The van der Waals surface area contributed by atoms with Gasteiger partial charge in [0.2, 0.25) is 0 Å². The zero-order valence-corrected chi connectivity index (χ0v) is 24.7. The van der Waals surface area contributed by atoms with E-state index < -0.39 is 0 Å². The Morgan fingerprint density at radius 2 is 1.75 bits per heavy atom. The molecule has 0 aromatic heterocycles. The highest BCUT2D eigenvalue weighted by Gasteiger charge is 2.51. The molecule has 2 N–H and O–H groups in total. The van der Waals surface area contributed by atoms with E-state index in [2.05, 4.69) is 74.4 Å². The fourth-order valence-electron chi connectivity index (χ4n) is 6.40. The smallest absolute Gasteiger partial charge is 0.325 e. The van der Waals surface area contributed by atoms with Gasteiger partial charge in [-0.2, -0.15) is 0 Å². The minimum absolute atomic E-state index is 0.00588. The number of ether oxygens (including phenoxy) is 2. The quantitative estimate of drug-likeness (QED) is 0.321. The van der Waals surface area contributed by atoms with Crippen LogP contribution in [0.25, 0.3) is 0 Å². The van der Waals surface area contributed by atoms with Gasteiger partial charge in [-0.1, -0.05) is 36.4 Å². The van der Waals surface area contributed by atoms with Crippen LogP contribution in [0.2, 0.25) is 0 Å². The van der Waals surface area contributed by atoms with Crippen molar-refractivity contribution in [1.82, 2.24) is 14.9 Å². The van der Waals surface area contributed by atoms with Gasteiger partial charge in [-0.15, -0.1) is 0 Å². The van der Waals surface area contributed by atoms with E-state index in [4.69, 9.17) is 9.47 Å². The molecule has 1 aliphatic heterocycles. The average molecular weight is 561 g/mol. The van der Waals surface area contributed by atoms with Crippen LogP contribution < -0.4 is 24.4 Å². The largest absolute Gasteiger partial charge is 0.493 e. The molecule has 7 nitrogen and oxygen atoms in total. The van der Waals surface area contributed by atoms with Gasteiger partial charge in [-0.05, 0) is 91.7 Å². The molecule has 5 rings (SSSR count). The first-order valence-corrected chi connectivity index (χ1v) is 14.7. The summed E-state index contributed by atoms with van der Waals surface area (Å²) in [6.45, 7) is 1.92. The predicted octanol–water partition coefficient (Wildman–Crippen LogP) is 5.84. The Kier molecular flexibility index (Phi) is 8.76. The number of carbonyl (C=O) groups excluding carboxylic acids is 1. The van der Waals surface area contributed by atoms with Crippen molar-refractivity contribution in [1.29, 1.82) is 0 Å². The summed E-state index contributed by atoms with van der Waals surface area (Å²) >= 11 is 1.35. The van der Waals surface area contributed by atoms with Crippen LogP contribution in [0.3, 0.4) is 0 Å². The third-order valence-corrected chi connectivity index (χ3v) is 9.30. The van der Waals surface area contributed by atoms with E-state index in [0.717, 1.165) is 60.9 Å². The second kappa shape index (κ2) is 12.4. The first-order valence-electron chi connectivity index (χ1n) is 13.9. The molecule has 40 heavy (non-hydrogen) atoms. The number of rotatable bonds is 9. The summed E-state index contributed by atoms with van der Waals surface area (Å²) in [7, 11) is 7.41. The number of amides is 2.